The smallest absolute Gasteiger partial charge is 0.744 e. The molecule has 0 saturated heterocycles. The topological polar surface area (TPSA) is 57.2 Å². The fraction of sp³-hybridized carbons (Fsp3) is 0.333. The Morgan fingerprint density at radius 3 is 2.13 bits per heavy atom. The number of alkyl halides is 1. The van der Waals surface area contributed by atoms with Gasteiger partial charge < -0.3 is 4.55 Å². The third-order valence-corrected chi connectivity index (χ3v) is 2.73. The van der Waals surface area contributed by atoms with Crippen LogP contribution in [0.25, 0.3) is 0 Å². The van der Waals surface area contributed by atoms with E-state index in [0.29, 0.717) is 6.42 Å². The minimum absolute atomic E-state index is 0. The van der Waals surface area contributed by atoms with E-state index < -0.39 is 10.1 Å². The predicted octanol–water partition coefficient (Wildman–Crippen LogP) is -1.24. The molecular weight excluding hydrogens is 263 g/mol. The number of hydrogen-bond donors (Lipinski definition) is 0. The molecule has 6 heteroatoms. The molecule has 0 saturated carbocycles. The largest absolute Gasteiger partial charge is 1.00 e. The Morgan fingerprint density at radius 1 is 1.33 bits per heavy atom. The number of rotatable bonds is 3. The van der Waals surface area contributed by atoms with Gasteiger partial charge in [-0.1, -0.05) is 12.1 Å². The Hall–Kier alpha value is 1.06. The zero-order valence-electron chi connectivity index (χ0n) is 8.60. The van der Waals surface area contributed by atoms with Crippen LogP contribution in [0.5, 0.6) is 0 Å². The van der Waals surface area contributed by atoms with Gasteiger partial charge in [-0.15, -0.1) is 11.6 Å². The Balaban J connectivity index is 0.00000196. The van der Waals surface area contributed by atoms with Crippen molar-refractivity contribution in [1.29, 1.82) is 0 Å². The normalized spacial score (nSPS) is 13.0. The molecule has 1 rings (SSSR count). The summed E-state index contributed by atoms with van der Waals surface area (Å²) in [5, 5.41) is -0.00953. The maximum absolute atomic E-state index is 10.6. The van der Waals surface area contributed by atoms with Crippen molar-refractivity contribution in [1.82, 2.24) is 0 Å². The summed E-state index contributed by atoms with van der Waals surface area (Å²) < 4.78 is 31.8. The standard InChI is InChI=1S/C9H11ClO3S.K/c1-7(10)6-8-2-4-9(5-3-8)14(11,12)13;/h2-5,7H,6H2,1H3,(H,11,12,13);/q;+1/p-1. The Bertz CT molecular complexity index is 400. The van der Waals surface area contributed by atoms with Gasteiger partial charge in [-0.25, -0.2) is 8.42 Å². The molecule has 0 spiro atoms. The maximum atomic E-state index is 10.6. The first-order chi connectivity index (χ1) is 6.39. The summed E-state index contributed by atoms with van der Waals surface area (Å²) in [7, 11) is -4.33. The van der Waals surface area contributed by atoms with Crippen molar-refractivity contribution in [2.45, 2.75) is 23.6 Å². The molecular formula is C9H10ClKO3S. The van der Waals surface area contributed by atoms with Crippen LogP contribution in [0.3, 0.4) is 0 Å². The van der Waals surface area contributed by atoms with Crippen molar-refractivity contribution in [3.63, 3.8) is 0 Å². The van der Waals surface area contributed by atoms with Crippen LogP contribution >= 0.6 is 11.6 Å². The molecule has 0 aromatic heterocycles. The van der Waals surface area contributed by atoms with Gasteiger partial charge in [0, 0.05) is 5.38 Å². The molecule has 0 aliphatic rings. The molecule has 0 aliphatic carbocycles. The predicted molar refractivity (Wildman–Crippen MR) is 53.4 cm³/mol. The summed E-state index contributed by atoms with van der Waals surface area (Å²) in [6.07, 6.45) is 0.654. The van der Waals surface area contributed by atoms with Crippen molar-refractivity contribution < 1.29 is 64.4 Å². The van der Waals surface area contributed by atoms with Gasteiger partial charge >= 0.3 is 51.4 Å². The van der Waals surface area contributed by atoms with E-state index in [4.69, 9.17) is 11.6 Å². The quantitative estimate of drug-likeness (QED) is 0.393. The average Bonchev–Trinajstić information content (AvgIpc) is 2.02. The summed E-state index contributed by atoms with van der Waals surface area (Å²) in [5.41, 5.74) is 0.917. The SMILES string of the molecule is CC(Cl)Cc1ccc(S(=O)(=O)[O-])cc1.[K+]. The molecule has 1 aromatic rings. The van der Waals surface area contributed by atoms with Gasteiger partial charge in [-0.3, -0.25) is 0 Å². The second-order valence-electron chi connectivity index (χ2n) is 3.08. The molecule has 1 aromatic carbocycles. The summed E-state index contributed by atoms with van der Waals surface area (Å²) in [6, 6.07) is 5.81. The van der Waals surface area contributed by atoms with Crippen LogP contribution in [-0.2, 0) is 16.5 Å². The van der Waals surface area contributed by atoms with Crippen LogP contribution < -0.4 is 51.4 Å². The van der Waals surface area contributed by atoms with Crippen LogP contribution in [0.1, 0.15) is 12.5 Å². The molecule has 0 fully saturated rings. The first-order valence-electron chi connectivity index (χ1n) is 4.08. The van der Waals surface area contributed by atoms with Crippen molar-refractivity contribution in [3.05, 3.63) is 29.8 Å². The van der Waals surface area contributed by atoms with Crippen LogP contribution in [0.4, 0.5) is 0 Å². The Kier molecular flexibility index (Phi) is 7.18. The number of halogens is 1. The van der Waals surface area contributed by atoms with Crippen LogP contribution in [-0.4, -0.2) is 18.3 Å². The molecule has 0 aliphatic heterocycles. The van der Waals surface area contributed by atoms with Gasteiger partial charge in [0.2, 0.25) is 0 Å². The minimum Gasteiger partial charge on any atom is -0.744 e. The van der Waals surface area contributed by atoms with Gasteiger partial charge in [0.05, 0.1) is 4.90 Å². The van der Waals surface area contributed by atoms with E-state index in [9.17, 15) is 13.0 Å². The molecule has 1 atom stereocenters. The second kappa shape index (κ2) is 6.71. The van der Waals surface area contributed by atoms with E-state index in [1.807, 2.05) is 6.92 Å². The van der Waals surface area contributed by atoms with E-state index in [-0.39, 0.29) is 61.7 Å². The molecule has 3 nitrogen and oxygen atoms in total. The molecule has 1 unspecified atom stereocenters. The molecule has 0 amide bonds. The Labute approximate surface area is 137 Å². The maximum Gasteiger partial charge on any atom is 1.00 e. The van der Waals surface area contributed by atoms with Crippen LogP contribution in [0.15, 0.2) is 29.2 Å². The van der Waals surface area contributed by atoms with Crippen LogP contribution in [0, 0.1) is 0 Å². The van der Waals surface area contributed by atoms with Gasteiger partial charge in [-0.05, 0) is 31.0 Å². The molecule has 78 valence electrons. The summed E-state index contributed by atoms with van der Waals surface area (Å²) >= 11 is 5.76. The summed E-state index contributed by atoms with van der Waals surface area (Å²) in [6.45, 7) is 1.85. The van der Waals surface area contributed by atoms with Gasteiger partial charge in [0.25, 0.3) is 0 Å². The summed E-state index contributed by atoms with van der Waals surface area (Å²) in [5.74, 6) is 0. The second-order valence-corrected chi connectivity index (χ2v) is 5.21. The first kappa shape index (κ1) is 16.1. The van der Waals surface area contributed by atoms with Crippen molar-refractivity contribution in [2.75, 3.05) is 0 Å². The number of benzene rings is 1. The first-order valence-corrected chi connectivity index (χ1v) is 5.93. The zero-order valence-corrected chi connectivity index (χ0v) is 13.3. The number of hydrogen-bond acceptors (Lipinski definition) is 3. The zero-order chi connectivity index (χ0) is 10.8. The molecule has 0 bridgehead atoms. The van der Waals surface area contributed by atoms with Crippen LogP contribution in [0.2, 0.25) is 0 Å². The molecule has 0 heterocycles. The average molecular weight is 273 g/mol. The van der Waals surface area contributed by atoms with Crippen molar-refractivity contribution >= 4 is 21.7 Å². The Morgan fingerprint density at radius 2 is 1.80 bits per heavy atom. The van der Waals surface area contributed by atoms with E-state index in [0.717, 1.165) is 5.56 Å². The third-order valence-electron chi connectivity index (χ3n) is 1.73. The third kappa shape index (κ3) is 5.79. The van der Waals surface area contributed by atoms with E-state index in [1.165, 1.54) is 12.1 Å². The monoisotopic (exact) mass is 272 g/mol. The van der Waals surface area contributed by atoms with Gasteiger partial charge in [0.15, 0.2) is 0 Å². The van der Waals surface area contributed by atoms with E-state index >= 15 is 0 Å². The fourth-order valence-corrected chi connectivity index (χ4v) is 1.76. The van der Waals surface area contributed by atoms with Crippen molar-refractivity contribution in [2.24, 2.45) is 0 Å². The van der Waals surface area contributed by atoms with Gasteiger partial charge in [-0.2, -0.15) is 0 Å². The van der Waals surface area contributed by atoms with E-state index in [2.05, 4.69) is 0 Å². The van der Waals surface area contributed by atoms with E-state index in [1.54, 1.807) is 12.1 Å². The van der Waals surface area contributed by atoms with Gasteiger partial charge in [0.1, 0.15) is 10.1 Å². The summed E-state index contributed by atoms with van der Waals surface area (Å²) in [4.78, 5) is -0.205. The molecule has 0 radical (unpaired) electrons. The van der Waals surface area contributed by atoms with Crippen molar-refractivity contribution in [3.8, 4) is 0 Å². The fourth-order valence-electron chi connectivity index (χ4n) is 1.12. The minimum atomic E-state index is -4.33. The molecule has 15 heavy (non-hydrogen) atoms. The molecule has 0 N–H and O–H groups in total.